The van der Waals surface area contributed by atoms with Gasteiger partial charge in [-0.1, -0.05) is 26.8 Å². The highest BCUT2D eigenvalue weighted by Crippen LogP contribution is 2.43. The minimum Gasteiger partial charge on any atom is -0.444 e. The van der Waals surface area contributed by atoms with Crippen molar-refractivity contribution >= 4 is 20.2 Å². The number of allylic oxidation sites excluding steroid dienone is 1. The second-order valence-electron chi connectivity index (χ2n) is 10.2. The van der Waals surface area contributed by atoms with Crippen LogP contribution >= 0.6 is 0 Å². The predicted octanol–water partition coefficient (Wildman–Crippen LogP) is 4.68. The van der Waals surface area contributed by atoms with E-state index >= 15 is 0 Å². The average Bonchev–Trinajstić information content (AvgIpc) is 2.77. The molecule has 0 aromatic carbocycles. The molecule has 1 aliphatic heterocycles. The number of ether oxygens (including phenoxy) is 1. The summed E-state index contributed by atoms with van der Waals surface area (Å²) in [6, 6.07) is 0. The molecule has 148 valence electrons. The topological polar surface area (TPSA) is 55.8 Å². The van der Waals surface area contributed by atoms with Crippen molar-refractivity contribution in [1.29, 1.82) is 0 Å². The molecule has 1 aliphatic carbocycles. The Morgan fingerprint density at radius 3 is 2.31 bits per heavy atom. The number of nitrogens with zero attached hydrogens (tertiary/aromatic N) is 1. The maximum absolute atomic E-state index is 12.9. The fourth-order valence-electron chi connectivity index (χ4n) is 3.35. The number of amides is 1. The number of carbonyl (C=O) groups is 2. The molecule has 0 unspecified atom stereocenters. The number of likely N-dealkylation sites (tertiary alicyclic amines) is 1. The molecule has 2 aliphatic rings. The standard InChI is InChI=1S/C20H35NO4Si/c1-18(2,3)24-17(23)21-14-16(25-26(7,8)19(4,5)6)13-20(21)11-9-15(22)10-12-20/h9,11,16H,10,12-14H2,1-8H3/t16-,20+/m1/s1. The first kappa shape index (κ1) is 21.2. The Morgan fingerprint density at radius 1 is 1.23 bits per heavy atom. The molecule has 1 saturated heterocycles. The van der Waals surface area contributed by atoms with Gasteiger partial charge in [-0.15, -0.1) is 0 Å². The molecule has 6 heteroatoms. The number of ketones is 1. The maximum Gasteiger partial charge on any atom is 0.411 e. The van der Waals surface area contributed by atoms with Crippen LogP contribution < -0.4 is 0 Å². The lowest BCUT2D eigenvalue weighted by molar-refractivity contribution is -0.115. The van der Waals surface area contributed by atoms with Gasteiger partial charge in [0.25, 0.3) is 0 Å². The summed E-state index contributed by atoms with van der Waals surface area (Å²) in [5.41, 5.74) is -1.02. The molecule has 0 radical (unpaired) electrons. The SMILES string of the molecule is CC(C)(C)OC(=O)N1C[C@H](O[Si](C)(C)C(C)(C)C)C[C@@]12C=CC(=O)CC2. The fourth-order valence-corrected chi connectivity index (χ4v) is 4.69. The third kappa shape index (κ3) is 4.57. The van der Waals surface area contributed by atoms with E-state index in [2.05, 4.69) is 33.9 Å². The average molecular weight is 382 g/mol. The Morgan fingerprint density at radius 2 is 1.85 bits per heavy atom. The maximum atomic E-state index is 12.9. The van der Waals surface area contributed by atoms with Crippen molar-refractivity contribution in [2.45, 2.75) is 96.2 Å². The second kappa shape index (κ2) is 6.79. The van der Waals surface area contributed by atoms with Gasteiger partial charge < -0.3 is 9.16 Å². The number of carbonyl (C=O) groups excluding carboxylic acids is 2. The number of rotatable bonds is 2. The van der Waals surface area contributed by atoms with E-state index in [1.807, 2.05) is 26.8 Å². The summed E-state index contributed by atoms with van der Waals surface area (Å²) in [5, 5.41) is 0.109. The van der Waals surface area contributed by atoms with E-state index in [1.54, 1.807) is 11.0 Å². The molecule has 26 heavy (non-hydrogen) atoms. The lowest BCUT2D eigenvalue weighted by Gasteiger charge is -2.38. The van der Waals surface area contributed by atoms with Crippen LogP contribution in [0.15, 0.2) is 12.2 Å². The number of hydrogen-bond donors (Lipinski definition) is 0. The Labute approximate surface area is 159 Å². The van der Waals surface area contributed by atoms with Crippen molar-refractivity contribution < 1.29 is 18.8 Å². The first-order valence-corrected chi connectivity index (χ1v) is 12.5. The molecule has 5 nitrogen and oxygen atoms in total. The summed E-state index contributed by atoms with van der Waals surface area (Å²) in [6.07, 6.45) is 5.00. The molecule has 1 amide bonds. The Bertz CT molecular complexity index is 600. The third-order valence-corrected chi connectivity index (χ3v) is 10.3. The van der Waals surface area contributed by atoms with Crippen LogP contribution in [-0.2, 0) is 14.0 Å². The minimum absolute atomic E-state index is 0.0266. The highest BCUT2D eigenvalue weighted by molar-refractivity contribution is 6.74. The summed E-state index contributed by atoms with van der Waals surface area (Å²) >= 11 is 0. The van der Waals surface area contributed by atoms with Gasteiger partial charge in [-0.05, 0) is 51.4 Å². The summed E-state index contributed by atoms with van der Waals surface area (Å²) in [4.78, 5) is 26.4. The summed E-state index contributed by atoms with van der Waals surface area (Å²) < 4.78 is 12.2. The van der Waals surface area contributed by atoms with E-state index in [-0.39, 0.29) is 23.0 Å². The van der Waals surface area contributed by atoms with Gasteiger partial charge in [0.05, 0.1) is 11.6 Å². The fraction of sp³-hybridized carbons (Fsp3) is 0.800. The van der Waals surface area contributed by atoms with Gasteiger partial charge >= 0.3 is 6.09 Å². The van der Waals surface area contributed by atoms with Gasteiger partial charge in [0.1, 0.15) is 5.60 Å². The van der Waals surface area contributed by atoms with E-state index in [0.717, 1.165) is 6.42 Å². The Kier molecular flexibility index (Phi) is 5.52. The van der Waals surface area contributed by atoms with Gasteiger partial charge in [-0.25, -0.2) is 4.79 Å². The van der Waals surface area contributed by atoms with Crippen LogP contribution in [0.3, 0.4) is 0 Å². The highest BCUT2D eigenvalue weighted by atomic mass is 28.4. The van der Waals surface area contributed by atoms with E-state index in [0.29, 0.717) is 19.4 Å². The van der Waals surface area contributed by atoms with E-state index in [9.17, 15) is 9.59 Å². The zero-order valence-corrected chi connectivity index (χ0v) is 18.6. The molecule has 2 rings (SSSR count). The van der Waals surface area contributed by atoms with Crippen molar-refractivity contribution in [1.82, 2.24) is 4.90 Å². The second-order valence-corrected chi connectivity index (χ2v) is 15.0. The van der Waals surface area contributed by atoms with Crippen LogP contribution in [0.4, 0.5) is 4.79 Å². The largest absolute Gasteiger partial charge is 0.444 e. The predicted molar refractivity (Wildman–Crippen MR) is 106 cm³/mol. The van der Waals surface area contributed by atoms with Gasteiger partial charge in [0, 0.05) is 19.4 Å². The van der Waals surface area contributed by atoms with Gasteiger partial charge in [-0.3, -0.25) is 9.69 Å². The number of hydrogen-bond acceptors (Lipinski definition) is 4. The molecule has 0 bridgehead atoms. The molecular formula is C20H35NO4Si. The normalized spacial score (nSPS) is 27.3. The first-order valence-electron chi connectivity index (χ1n) is 9.56. The zero-order valence-electron chi connectivity index (χ0n) is 17.6. The monoisotopic (exact) mass is 381 g/mol. The van der Waals surface area contributed by atoms with Crippen molar-refractivity contribution in [2.24, 2.45) is 0 Å². The molecule has 0 aromatic heterocycles. The van der Waals surface area contributed by atoms with Crippen molar-refractivity contribution in [3.63, 3.8) is 0 Å². The lowest BCUT2D eigenvalue weighted by atomic mass is 9.84. The zero-order chi connectivity index (χ0) is 20.0. The quantitative estimate of drug-likeness (QED) is 0.652. The van der Waals surface area contributed by atoms with E-state index in [1.165, 1.54) is 0 Å². The van der Waals surface area contributed by atoms with Crippen LogP contribution in [0.25, 0.3) is 0 Å². The van der Waals surface area contributed by atoms with E-state index in [4.69, 9.17) is 9.16 Å². The third-order valence-electron chi connectivity index (χ3n) is 5.77. The first-order chi connectivity index (χ1) is 11.7. The van der Waals surface area contributed by atoms with Crippen molar-refractivity contribution in [3.05, 3.63) is 12.2 Å². The van der Waals surface area contributed by atoms with Gasteiger partial charge in [-0.2, -0.15) is 0 Å². The van der Waals surface area contributed by atoms with Crippen LogP contribution in [0.1, 0.15) is 60.8 Å². The summed E-state index contributed by atoms with van der Waals surface area (Å²) in [7, 11) is -1.94. The molecule has 0 N–H and O–H groups in total. The molecule has 1 heterocycles. The smallest absolute Gasteiger partial charge is 0.411 e. The van der Waals surface area contributed by atoms with Crippen LogP contribution in [0.5, 0.6) is 0 Å². The van der Waals surface area contributed by atoms with Crippen LogP contribution in [0.2, 0.25) is 18.1 Å². The minimum atomic E-state index is -1.94. The Balaban J connectivity index is 2.26. The van der Waals surface area contributed by atoms with Gasteiger partial charge in [0.2, 0.25) is 0 Å². The van der Waals surface area contributed by atoms with E-state index < -0.39 is 19.5 Å². The van der Waals surface area contributed by atoms with Crippen LogP contribution in [-0.4, -0.2) is 48.9 Å². The Hall–Kier alpha value is -1.14. The molecular weight excluding hydrogens is 346 g/mol. The summed E-state index contributed by atoms with van der Waals surface area (Å²) in [5.74, 6) is 0.119. The highest BCUT2D eigenvalue weighted by Gasteiger charge is 2.51. The summed E-state index contributed by atoms with van der Waals surface area (Å²) in [6.45, 7) is 17.2. The van der Waals surface area contributed by atoms with Crippen molar-refractivity contribution in [2.75, 3.05) is 6.54 Å². The molecule has 0 saturated carbocycles. The van der Waals surface area contributed by atoms with Crippen molar-refractivity contribution in [3.8, 4) is 0 Å². The molecule has 0 aromatic rings. The van der Waals surface area contributed by atoms with Gasteiger partial charge in [0.15, 0.2) is 14.1 Å². The van der Waals surface area contributed by atoms with Crippen LogP contribution in [0, 0.1) is 0 Å². The lowest BCUT2D eigenvalue weighted by Crippen LogP contribution is -2.49. The molecule has 2 atom stereocenters. The molecule has 1 spiro atoms. The molecule has 1 fully saturated rings.